The van der Waals surface area contributed by atoms with E-state index >= 15 is 0 Å². The van der Waals surface area contributed by atoms with Gasteiger partial charge in [0.1, 0.15) is 0 Å². The maximum Gasteiger partial charge on any atom is 0.303 e. The highest BCUT2D eigenvalue weighted by atomic mass is 16.4. The average molecular weight is 188 g/mol. The van der Waals surface area contributed by atoms with E-state index in [0.29, 0.717) is 12.5 Å². The summed E-state index contributed by atoms with van der Waals surface area (Å²) in [6.07, 6.45) is 0.960. The number of carboxylic acids is 1. The fourth-order valence-corrected chi connectivity index (χ4v) is 0.939. The molecule has 0 aromatic carbocycles. The number of aliphatic carboxylic acids is 1. The summed E-state index contributed by atoms with van der Waals surface area (Å²) in [6.45, 7) is 6.82. The van der Waals surface area contributed by atoms with E-state index in [2.05, 4.69) is 24.5 Å². The van der Waals surface area contributed by atoms with E-state index in [1.165, 1.54) is 0 Å². The quantitative estimate of drug-likeness (QED) is 0.484. The lowest BCUT2D eigenvalue weighted by Crippen LogP contribution is -2.32. The summed E-state index contributed by atoms with van der Waals surface area (Å²) in [5.74, 6) is -0.720. The monoisotopic (exact) mass is 188 g/mol. The molecule has 0 bridgehead atoms. The molecule has 0 saturated carbocycles. The van der Waals surface area contributed by atoms with Gasteiger partial charge in [0.2, 0.25) is 0 Å². The summed E-state index contributed by atoms with van der Waals surface area (Å²) in [5.41, 5.74) is 0. The van der Waals surface area contributed by atoms with Gasteiger partial charge in [-0.2, -0.15) is 0 Å². The Bertz CT molecular complexity index is 138. The van der Waals surface area contributed by atoms with Gasteiger partial charge < -0.3 is 15.7 Å². The maximum atomic E-state index is 10.1. The Morgan fingerprint density at radius 1 is 1.31 bits per heavy atom. The van der Waals surface area contributed by atoms with Crippen molar-refractivity contribution in [2.24, 2.45) is 0 Å². The Labute approximate surface area is 79.7 Å². The molecule has 0 rings (SSSR count). The molecule has 0 fully saturated rings. The molecule has 0 aromatic heterocycles. The van der Waals surface area contributed by atoms with Crippen LogP contribution in [-0.2, 0) is 4.79 Å². The van der Waals surface area contributed by atoms with Crippen LogP contribution in [0.5, 0.6) is 0 Å². The Hall–Kier alpha value is -0.610. The summed E-state index contributed by atoms with van der Waals surface area (Å²) in [4.78, 5) is 10.1. The van der Waals surface area contributed by atoms with Crippen molar-refractivity contribution >= 4 is 5.97 Å². The molecule has 0 aliphatic rings. The highest BCUT2D eigenvalue weighted by molar-refractivity contribution is 5.66. The third kappa shape index (κ3) is 11.4. The summed E-state index contributed by atoms with van der Waals surface area (Å²) < 4.78 is 0. The minimum absolute atomic E-state index is 0.255. The third-order valence-corrected chi connectivity index (χ3v) is 1.60. The Kier molecular flexibility index (Phi) is 7.63. The van der Waals surface area contributed by atoms with Gasteiger partial charge in [0, 0.05) is 25.6 Å². The van der Waals surface area contributed by atoms with Crippen LogP contribution in [0.2, 0.25) is 0 Å². The first-order chi connectivity index (χ1) is 6.13. The van der Waals surface area contributed by atoms with E-state index in [4.69, 9.17) is 5.11 Å². The summed E-state index contributed by atoms with van der Waals surface area (Å²) in [5, 5.41) is 14.8. The van der Waals surface area contributed by atoms with Gasteiger partial charge in [-0.1, -0.05) is 13.8 Å². The van der Waals surface area contributed by atoms with Crippen molar-refractivity contribution in [3.8, 4) is 0 Å². The van der Waals surface area contributed by atoms with Gasteiger partial charge in [0.05, 0.1) is 0 Å². The van der Waals surface area contributed by atoms with Crippen molar-refractivity contribution in [2.75, 3.05) is 19.6 Å². The van der Waals surface area contributed by atoms with Crippen LogP contribution in [0.4, 0.5) is 0 Å². The Morgan fingerprint density at radius 2 is 2.00 bits per heavy atom. The fourth-order valence-electron chi connectivity index (χ4n) is 0.939. The van der Waals surface area contributed by atoms with Gasteiger partial charge in [-0.15, -0.1) is 0 Å². The molecule has 0 radical (unpaired) electrons. The van der Waals surface area contributed by atoms with E-state index in [1.54, 1.807) is 0 Å². The van der Waals surface area contributed by atoms with Crippen LogP contribution in [0.15, 0.2) is 0 Å². The first-order valence-electron chi connectivity index (χ1n) is 4.79. The van der Waals surface area contributed by atoms with Crippen LogP contribution in [0.25, 0.3) is 0 Å². The minimum Gasteiger partial charge on any atom is -0.481 e. The van der Waals surface area contributed by atoms with Gasteiger partial charge in [0.15, 0.2) is 0 Å². The third-order valence-electron chi connectivity index (χ3n) is 1.60. The molecule has 0 aliphatic heterocycles. The molecule has 4 nitrogen and oxygen atoms in total. The zero-order valence-corrected chi connectivity index (χ0v) is 8.47. The van der Waals surface area contributed by atoms with Crippen LogP contribution in [0.1, 0.15) is 26.7 Å². The molecule has 78 valence electrons. The molecule has 3 N–H and O–H groups in total. The van der Waals surface area contributed by atoms with Crippen molar-refractivity contribution in [3.05, 3.63) is 0 Å². The van der Waals surface area contributed by atoms with Gasteiger partial charge in [-0.3, -0.25) is 4.79 Å². The predicted molar refractivity (Wildman–Crippen MR) is 52.9 cm³/mol. The van der Waals surface area contributed by atoms with Crippen molar-refractivity contribution in [3.63, 3.8) is 0 Å². The van der Waals surface area contributed by atoms with Gasteiger partial charge in [-0.05, 0) is 13.0 Å². The van der Waals surface area contributed by atoms with E-state index in [0.717, 1.165) is 19.6 Å². The lowest BCUT2D eigenvalue weighted by molar-refractivity contribution is -0.137. The van der Waals surface area contributed by atoms with Crippen LogP contribution >= 0.6 is 0 Å². The van der Waals surface area contributed by atoms with Crippen molar-refractivity contribution in [2.45, 2.75) is 32.7 Å². The van der Waals surface area contributed by atoms with Crippen LogP contribution in [0.3, 0.4) is 0 Å². The van der Waals surface area contributed by atoms with Gasteiger partial charge in [-0.25, -0.2) is 0 Å². The Morgan fingerprint density at radius 3 is 2.54 bits per heavy atom. The van der Waals surface area contributed by atoms with Crippen molar-refractivity contribution in [1.82, 2.24) is 10.6 Å². The maximum absolute atomic E-state index is 10.1. The SMILES string of the molecule is CC(C)NCCNCCCC(=O)O. The molecule has 0 atom stereocenters. The topological polar surface area (TPSA) is 61.4 Å². The normalized spacial score (nSPS) is 10.7. The predicted octanol–water partition coefficient (Wildman–Crippen LogP) is 0.439. The molecule has 0 heterocycles. The van der Waals surface area contributed by atoms with Crippen LogP contribution in [-0.4, -0.2) is 36.8 Å². The zero-order valence-electron chi connectivity index (χ0n) is 8.47. The van der Waals surface area contributed by atoms with E-state index in [-0.39, 0.29) is 6.42 Å². The molecule has 0 aromatic rings. The number of nitrogens with one attached hydrogen (secondary N) is 2. The molecular weight excluding hydrogens is 168 g/mol. The second-order valence-electron chi connectivity index (χ2n) is 3.36. The summed E-state index contributed by atoms with van der Waals surface area (Å²) >= 11 is 0. The second-order valence-corrected chi connectivity index (χ2v) is 3.36. The highest BCUT2D eigenvalue weighted by Crippen LogP contribution is 1.85. The molecule has 13 heavy (non-hydrogen) atoms. The van der Waals surface area contributed by atoms with Crippen LogP contribution in [0, 0.1) is 0 Å². The second kappa shape index (κ2) is 8.01. The van der Waals surface area contributed by atoms with Crippen molar-refractivity contribution in [1.29, 1.82) is 0 Å². The lowest BCUT2D eigenvalue weighted by Gasteiger charge is -2.08. The van der Waals surface area contributed by atoms with E-state index < -0.39 is 5.97 Å². The molecule has 4 heteroatoms. The number of hydrogen-bond donors (Lipinski definition) is 3. The van der Waals surface area contributed by atoms with Gasteiger partial charge >= 0.3 is 5.97 Å². The Balaban J connectivity index is 2.96. The fraction of sp³-hybridized carbons (Fsp3) is 0.889. The number of hydrogen-bond acceptors (Lipinski definition) is 3. The lowest BCUT2D eigenvalue weighted by atomic mass is 10.3. The molecule has 0 spiro atoms. The molecule has 0 unspecified atom stereocenters. The van der Waals surface area contributed by atoms with Crippen molar-refractivity contribution < 1.29 is 9.90 Å². The first kappa shape index (κ1) is 12.4. The highest BCUT2D eigenvalue weighted by Gasteiger charge is 1.95. The smallest absolute Gasteiger partial charge is 0.303 e. The average Bonchev–Trinajstić information content (AvgIpc) is 2.01. The molecule has 0 amide bonds. The first-order valence-corrected chi connectivity index (χ1v) is 4.79. The number of rotatable bonds is 8. The van der Waals surface area contributed by atoms with Gasteiger partial charge in [0.25, 0.3) is 0 Å². The largest absolute Gasteiger partial charge is 0.481 e. The minimum atomic E-state index is -0.720. The standard InChI is InChI=1S/C9H20N2O2/c1-8(2)11-7-6-10-5-3-4-9(12)13/h8,10-11H,3-7H2,1-2H3,(H,12,13). The zero-order chi connectivity index (χ0) is 10.1. The van der Waals surface area contributed by atoms with Crippen LogP contribution < -0.4 is 10.6 Å². The molecule has 0 saturated heterocycles. The summed E-state index contributed by atoms with van der Waals surface area (Å²) in [7, 11) is 0. The molecule has 0 aliphatic carbocycles. The molecular formula is C9H20N2O2. The summed E-state index contributed by atoms with van der Waals surface area (Å²) in [6, 6.07) is 0.515. The van der Waals surface area contributed by atoms with E-state index in [9.17, 15) is 4.79 Å². The van der Waals surface area contributed by atoms with E-state index in [1.807, 2.05) is 0 Å². The number of carbonyl (C=O) groups is 1. The number of carboxylic acid groups (broad SMARTS) is 1.